The summed E-state index contributed by atoms with van der Waals surface area (Å²) in [7, 11) is 0. The molecule has 0 radical (unpaired) electrons. The van der Waals surface area contributed by atoms with Crippen molar-refractivity contribution < 1.29 is 4.74 Å². The van der Waals surface area contributed by atoms with E-state index in [1.165, 1.54) is 31.0 Å². The zero-order valence-corrected chi connectivity index (χ0v) is 11.9. The predicted octanol–water partition coefficient (Wildman–Crippen LogP) is 3.15. The van der Waals surface area contributed by atoms with Crippen LogP contribution in [0.3, 0.4) is 0 Å². The summed E-state index contributed by atoms with van der Waals surface area (Å²) in [5.74, 6) is 2.14. The van der Waals surface area contributed by atoms with Crippen LogP contribution < -0.4 is 5.73 Å². The van der Waals surface area contributed by atoms with Crippen LogP contribution in [0.2, 0.25) is 0 Å². The minimum atomic E-state index is 0.114. The molecule has 2 aliphatic rings. The fourth-order valence-electron chi connectivity index (χ4n) is 3.53. The van der Waals surface area contributed by atoms with E-state index in [9.17, 15) is 0 Å². The Morgan fingerprint density at radius 2 is 2.19 bits per heavy atom. The first kappa shape index (κ1) is 12.7. The molecule has 3 unspecified atom stereocenters. The molecule has 0 aliphatic heterocycles. The van der Waals surface area contributed by atoms with Gasteiger partial charge in [0.05, 0.1) is 11.5 Å². The van der Waals surface area contributed by atoms with E-state index in [1.54, 1.807) is 0 Å². The van der Waals surface area contributed by atoms with Gasteiger partial charge in [-0.15, -0.1) is 0 Å². The van der Waals surface area contributed by atoms with Crippen molar-refractivity contribution in [1.29, 1.82) is 0 Å². The van der Waals surface area contributed by atoms with Crippen molar-refractivity contribution in [2.75, 3.05) is 5.94 Å². The average Bonchev–Trinajstić information content (AvgIpc) is 2.61. The summed E-state index contributed by atoms with van der Waals surface area (Å²) in [6, 6.07) is 0. The quantitative estimate of drug-likeness (QED) is 0.624. The first-order chi connectivity index (χ1) is 7.40. The SMILES string of the molecule is CC1CCC2C(C)(C)C2(OCSC(N)=S)C1. The molecule has 4 heteroatoms. The lowest BCUT2D eigenvalue weighted by atomic mass is 9.88. The highest BCUT2D eigenvalue weighted by Gasteiger charge is 2.72. The molecule has 0 amide bonds. The minimum Gasteiger partial charge on any atom is -0.385 e. The number of thiocarbonyl (C=S) groups is 1. The van der Waals surface area contributed by atoms with Crippen molar-refractivity contribution in [3.63, 3.8) is 0 Å². The maximum Gasteiger partial charge on any atom is 0.133 e. The molecule has 0 saturated heterocycles. The van der Waals surface area contributed by atoms with Crippen LogP contribution in [0.5, 0.6) is 0 Å². The topological polar surface area (TPSA) is 35.2 Å². The first-order valence-electron chi connectivity index (χ1n) is 5.96. The zero-order valence-electron chi connectivity index (χ0n) is 10.3. The van der Waals surface area contributed by atoms with E-state index in [4.69, 9.17) is 22.7 Å². The van der Waals surface area contributed by atoms with E-state index in [0.717, 1.165) is 11.8 Å². The highest BCUT2D eigenvalue weighted by Crippen LogP contribution is 2.71. The van der Waals surface area contributed by atoms with E-state index in [-0.39, 0.29) is 5.60 Å². The second kappa shape index (κ2) is 4.14. The van der Waals surface area contributed by atoms with Crippen LogP contribution in [0.1, 0.15) is 40.0 Å². The molecule has 2 N–H and O–H groups in total. The van der Waals surface area contributed by atoms with Gasteiger partial charge in [0.1, 0.15) is 4.32 Å². The number of hydrogen-bond acceptors (Lipinski definition) is 3. The lowest BCUT2D eigenvalue weighted by Crippen LogP contribution is -2.28. The number of rotatable bonds is 3. The van der Waals surface area contributed by atoms with Gasteiger partial charge < -0.3 is 10.5 Å². The number of hydrogen-bond donors (Lipinski definition) is 1. The normalized spacial score (nSPS) is 40.2. The Kier molecular flexibility index (Phi) is 3.28. The molecule has 0 heterocycles. The molecule has 0 spiro atoms. The molecule has 2 fully saturated rings. The lowest BCUT2D eigenvalue weighted by Gasteiger charge is -2.28. The molecule has 0 aromatic carbocycles. The van der Waals surface area contributed by atoms with E-state index in [2.05, 4.69) is 20.8 Å². The maximum absolute atomic E-state index is 6.14. The lowest BCUT2D eigenvalue weighted by molar-refractivity contribution is 0.00163. The smallest absolute Gasteiger partial charge is 0.133 e. The molecule has 2 rings (SSSR count). The van der Waals surface area contributed by atoms with Crippen LogP contribution >= 0.6 is 24.0 Å². The predicted molar refractivity (Wildman–Crippen MR) is 73.3 cm³/mol. The van der Waals surface area contributed by atoms with Crippen molar-refractivity contribution in [3.8, 4) is 0 Å². The first-order valence-corrected chi connectivity index (χ1v) is 7.36. The molecule has 92 valence electrons. The Labute approximate surface area is 108 Å². The molecule has 0 aromatic rings. The van der Waals surface area contributed by atoms with E-state index in [1.807, 2.05) is 0 Å². The number of nitrogens with two attached hydrogens (primary N) is 1. The Morgan fingerprint density at radius 1 is 1.50 bits per heavy atom. The average molecular weight is 259 g/mol. The van der Waals surface area contributed by atoms with Crippen LogP contribution in [-0.2, 0) is 4.74 Å². The van der Waals surface area contributed by atoms with Crippen molar-refractivity contribution >= 4 is 28.3 Å². The standard InChI is InChI=1S/C12H21NOS2/c1-8-4-5-9-11(2,3)12(9,6-8)14-7-16-10(13)15/h8-9H,4-7H2,1-3H3,(H2,13,15). The summed E-state index contributed by atoms with van der Waals surface area (Å²) in [4.78, 5) is 0. The van der Waals surface area contributed by atoms with Crippen LogP contribution in [-0.4, -0.2) is 15.9 Å². The van der Waals surface area contributed by atoms with Gasteiger partial charge in [0.25, 0.3) is 0 Å². The van der Waals surface area contributed by atoms with Gasteiger partial charge in [-0.05, 0) is 30.1 Å². The summed E-state index contributed by atoms with van der Waals surface area (Å²) >= 11 is 6.29. The van der Waals surface area contributed by atoms with E-state index < -0.39 is 0 Å². The monoisotopic (exact) mass is 259 g/mol. The molecule has 16 heavy (non-hydrogen) atoms. The van der Waals surface area contributed by atoms with Crippen LogP contribution in [0.4, 0.5) is 0 Å². The van der Waals surface area contributed by atoms with Crippen LogP contribution in [0.25, 0.3) is 0 Å². The number of ether oxygens (including phenoxy) is 1. The van der Waals surface area contributed by atoms with Gasteiger partial charge in [0.15, 0.2) is 0 Å². The van der Waals surface area contributed by atoms with Gasteiger partial charge in [-0.25, -0.2) is 0 Å². The summed E-state index contributed by atoms with van der Waals surface area (Å²) in [5, 5.41) is 0. The second-order valence-corrected chi connectivity index (χ2v) is 7.44. The molecule has 3 atom stereocenters. The molecule has 0 aromatic heterocycles. The highest BCUT2D eigenvalue weighted by atomic mass is 32.2. The molecule has 2 nitrogen and oxygen atoms in total. The maximum atomic E-state index is 6.14. The fourth-order valence-corrected chi connectivity index (χ4v) is 4.06. The summed E-state index contributed by atoms with van der Waals surface area (Å²) in [5.41, 5.74) is 5.93. The molecule has 2 saturated carbocycles. The Bertz CT molecular complexity index is 305. The third kappa shape index (κ3) is 1.89. The van der Waals surface area contributed by atoms with Crippen molar-refractivity contribution in [3.05, 3.63) is 0 Å². The van der Waals surface area contributed by atoms with Crippen molar-refractivity contribution in [1.82, 2.24) is 0 Å². The van der Waals surface area contributed by atoms with Crippen LogP contribution in [0, 0.1) is 17.3 Å². The highest BCUT2D eigenvalue weighted by molar-refractivity contribution is 8.22. The van der Waals surface area contributed by atoms with Crippen molar-refractivity contribution in [2.24, 2.45) is 23.0 Å². The third-order valence-corrected chi connectivity index (χ3v) is 5.43. The molecular weight excluding hydrogens is 238 g/mol. The van der Waals surface area contributed by atoms with Crippen molar-refractivity contribution in [2.45, 2.75) is 45.6 Å². The van der Waals surface area contributed by atoms with Gasteiger partial charge in [-0.3, -0.25) is 0 Å². The summed E-state index contributed by atoms with van der Waals surface area (Å²) < 4.78 is 6.62. The van der Waals surface area contributed by atoms with Gasteiger partial charge in [-0.1, -0.05) is 51.2 Å². The van der Waals surface area contributed by atoms with Gasteiger partial charge in [0.2, 0.25) is 0 Å². The number of thioether (sulfide) groups is 1. The van der Waals surface area contributed by atoms with Crippen LogP contribution in [0.15, 0.2) is 0 Å². The van der Waals surface area contributed by atoms with Gasteiger partial charge >= 0.3 is 0 Å². The molecule has 2 aliphatic carbocycles. The second-order valence-electron chi connectivity index (χ2n) is 5.78. The Balaban J connectivity index is 1.97. The van der Waals surface area contributed by atoms with E-state index >= 15 is 0 Å². The number of fused-ring (bicyclic) bond motifs is 1. The minimum absolute atomic E-state index is 0.114. The summed E-state index contributed by atoms with van der Waals surface area (Å²) in [6.07, 6.45) is 3.86. The molecule has 0 bridgehead atoms. The largest absolute Gasteiger partial charge is 0.385 e. The molecular formula is C12H21NOS2. The van der Waals surface area contributed by atoms with Gasteiger partial charge in [-0.2, -0.15) is 0 Å². The van der Waals surface area contributed by atoms with Gasteiger partial charge in [0, 0.05) is 0 Å². The fraction of sp³-hybridized carbons (Fsp3) is 0.917. The zero-order chi connectivity index (χ0) is 12.0. The Morgan fingerprint density at radius 3 is 2.81 bits per heavy atom. The summed E-state index contributed by atoms with van der Waals surface area (Å²) in [6.45, 7) is 7.00. The van der Waals surface area contributed by atoms with E-state index in [0.29, 0.717) is 15.7 Å². The third-order valence-electron chi connectivity index (χ3n) is 4.56. The Hall–Kier alpha value is 0.200.